The molecule has 4 rings (SSSR count). The van der Waals surface area contributed by atoms with Crippen molar-refractivity contribution in [1.82, 2.24) is 20.1 Å². The summed E-state index contributed by atoms with van der Waals surface area (Å²) in [4.78, 5) is 25.8. The van der Waals surface area contributed by atoms with Gasteiger partial charge in [-0.25, -0.2) is 9.78 Å². The number of phenolic OH excluding ortho intramolecular Hbond substituents is 1. The van der Waals surface area contributed by atoms with E-state index in [2.05, 4.69) is 38.1 Å². The molecule has 2 aromatic rings. The van der Waals surface area contributed by atoms with Gasteiger partial charge in [0.05, 0.1) is 0 Å². The Bertz CT molecular complexity index is 860. The van der Waals surface area contributed by atoms with E-state index in [1.807, 2.05) is 29.3 Å². The maximum Gasteiger partial charge on any atom is 0.317 e. The monoisotopic (exact) mass is 410 g/mol. The highest BCUT2D eigenvalue weighted by atomic mass is 16.3. The fourth-order valence-corrected chi connectivity index (χ4v) is 3.93. The van der Waals surface area contributed by atoms with Crippen LogP contribution in [0.3, 0.4) is 0 Å². The van der Waals surface area contributed by atoms with Crippen molar-refractivity contribution in [1.29, 1.82) is 0 Å². The van der Waals surface area contributed by atoms with Gasteiger partial charge < -0.3 is 30.0 Å². The van der Waals surface area contributed by atoms with E-state index in [0.29, 0.717) is 19.6 Å². The number of benzene rings is 1. The number of amides is 2. The molecule has 2 saturated heterocycles. The van der Waals surface area contributed by atoms with Crippen LogP contribution in [0.25, 0.3) is 0 Å². The minimum atomic E-state index is -0.0384. The van der Waals surface area contributed by atoms with Gasteiger partial charge in [0, 0.05) is 76.9 Å². The maximum absolute atomic E-state index is 12.6. The van der Waals surface area contributed by atoms with E-state index < -0.39 is 0 Å². The third-order valence-corrected chi connectivity index (χ3v) is 5.84. The molecule has 0 aliphatic carbocycles. The minimum Gasteiger partial charge on any atom is -0.508 e. The Morgan fingerprint density at radius 1 is 1.00 bits per heavy atom. The molecular weight excluding hydrogens is 380 g/mol. The second-order valence-electron chi connectivity index (χ2n) is 7.97. The van der Waals surface area contributed by atoms with Gasteiger partial charge in [0.25, 0.3) is 0 Å². The number of phenols is 1. The summed E-state index contributed by atoms with van der Waals surface area (Å²) < 4.78 is 0. The van der Waals surface area contributed by atoms with Crippen molar-refractivity contribution in [2.45, 2.75) is 6.54 Å². The lowest BCUT2D eigenvalue weighted by atomic mass is 10.2. The molecule has 0 atom stereocenters. The average molecular weight is 411 g/mol. The standard InChI is InChI=1S/C22H30N6O2/c1-25-7-9-27(10-8-25)21-15-18(5-6-23-21)17-24-22(30)28-13-11-26(12-14-28)19-3-2-4-20(29)16-19/h2-6,15-16,29H,7-14,17H2,1H3,(H,24,30). The highest BCUT2D eigenvalue weighted by Crippen LogP contribution is 2.21. The Hall–Kier alpha value is -3.00. The Morgan fingerprint density at radius 2 is 1.73 bits per heavy atom. The molecule has 0 radical (unpaired) electrons. The molecule has 160 valence electrons. The predicted octanol–water partition coefficient (Wildman–Crippen LogP) is 1.57. The van der Waals surface area contributed by atoms with Crippen LogP contribution < -0.4 is 15.1 Å². The van der Waals surface area contributed by atoms with Gasteiger partial charge in [-0.2, -0.15) is 0 Å². The second kappa shape index (κ2) is 9.21. The van der Waals surface area contributed by atoms with Crippen molar-refractivity contribution in [3.8, 4) is 5.75 Å². The van der Waals surface area contributed by atoms with Crippen molar-refractivity contribution in [3.05, 3.63) is 48.2 Å². The first-order valence-corrected chi connectivity index (χ1v) is 10.5. The van der Waals surface area contributed by atoms with E-state index in [9.17, 15) is 9.90 Å². The number of nitrogens with one attached hydrogen (secondary N) is 1. The van der Waals surface area contributed by atoms with Gasteiger partial charge >= 0.3 is 6.03 Å². The first-order valence-electron chi connectivity index (χ1n) is 10.5. The van der Waals surface area contributed by atoms with Crippen molar-refractivity contribution in [3.63, 3.8) is 0 Å². The Balaban J connectivity index is 1.27. The Kier molecular flexibility index (Phi) is 6.23. The number of likely N-dealkylation sites (N-methyl/N-ethyl adjacent to an activating group) is 1. The van der Waals surface area contributed by atoms with Crippen LogP contribution in [0, 0.1) is 0 Å². The molecule has 8 nitrogen and oxygen atoms in total. The normalized spacial score (nSPS) is 17.8. The second-order valence-corrected chi connectivity index (χ2v) is 7.97. The molecule has 0 bridgehead atoms. The van der Waals surface area contributed by atoms with E-state index in [-0.39, 0.29) is 11.8 Å². The highest BCUT2D eigenvalue weighted by molar-refractivity contribution is 5.74. The summed E-state index contributed by atoms with van der Waals surface area (Å²) >= 11 is 0. The number of hydrogen-bond donors (Lipinski definition) is 2. The number of pyridine rings is 1. The lowest BCUT2D eigenvalue weighted by Gasteiger charge is -2.36. The molecule has 0 saturated carbocycles. The summed E-state index contributed by atoms with van der Waals surface area (Å²) in [5.74, 6) is 1.25. The lowest BCUT2D eigenvalue weighted by Crippen LogP contribution is -2.51. The van der Waals surface area contributed by atoms with Gasteiger partial charge in [-0.05, 0) is 36.9 Å². The van der Waals surface area contributed by atoms with Crippen molar-refractivity contribution in [2.75, 3.05) is 69.2 Å². The number of nitrogens with zero attached hydrogens (tertiary/aromatic N) is 5. The highest BCUT2D eigenvalue weighted by Gasteiger charge is 2.21. The summed E-state index contributed by atoms with van der Waals surface area (Å²) in [6.07, 6.45) is 1.82. The molecule has 8 heteroatoms. The molecule has 2 amide bonds. The average Bonchev–Trinajstić information content (AvgIpc) is 2.78. The third kappa shape index (κ3) is 4.94. The van der Waals surface area contributed by atoms with E-state index in [0.717, 1.165) is 56.3 Å². The topological polar surface area (TPSA) is 75.2 Å². The molecule has 0 spiro atoms. The molecular formula is C22H30N6O2. The maximum atomic E-state index is 12.6. The van der Waals surface area contributed by atoms with Gasteiger partial charge in [0.15, 0.2) is 0 Å². The number of rotatable bonds is 4. The number of aromatic hydroxyl groups is 1. The van der Waals surface area contributed by atoms with Crippen LogP contribution in [0.4, 0.5) is 16.3 Å². The zero-order valence-electron chi connectivity index (χ0n) is 17.5. The minimum absolute atomic E-state index is 0.0384. The van der Waals surface area contributed by atoms with Crippen LogP contribution >= 0.6 is 0 Å². The molecule has 1 aromatic carbocycles. The number of piperazine rings is 2. The number of urea groups is 1. The van der Waals surface area contributed by atoms with Crippen LogP contribution in [0.5, 0.6) is 5.75 Å². The van der Waals surface area contributed by atoms with Crippen LogP contribution in [-0.4, -0.2) is 85.3 Å². The summed E-state index contributed by atoms with van der Waals surface area (Å²) in [7, 11) is 2.14. The van der Waals surface area contributed by atoms with Gasteiger partial charge in [-0.3, -0.25) is 0 Å². The molecule has 3 heterocycles. The van der Waals surface area contributed by atoms with E-state index >= 15 is 0 Å². The smallest absolute Gasteiger partial charge is 0.317 e. The molecule has 2 aliphatic rings. The van der Waals surface area contributed by atoms with Crippen molar-refractivity contribution >= 4 is 17.5 Å². The number of hydrogen-bond acceptors (Lipinski definition) is 6. The lowest BCUT2D eigenvalue weighted by molar-refractivity contribution is 0.194. The Labute approximate surface area is 177 Å². The summed E-state index contributed by atoms with van der Waals surface area (Å²) in [6.45, 7) is 7.34. The summed E-state index contributed by atoms with van der Waals surface area (Å²) in [5, 5.41) is 12.7. The molecule has 2 aliphatic heterocycles. The first-order chi connectivity index (χ1) is 14.6. The van der Waals surface area contributed by atoms with Gasteiger partial charge in [-0.1, -0.05) is 6.07 Å². The van der Waals surface area contributed by atoms with E-state index in [1.54, 1.807) is 12.1 Å². The quantitative estimate of drug-likeness (QED) is 0.797. The number of anilines is 2. The molecule has 2 fully saturated rings. The third-order valence-electron chi connectivity index (χ3n) is 5.84. The van der Waals surface area contributed by atoms with Gasteiger partial charge in [0.1, 0.15) is 11.6 Å². The molecule has 0 unspecified atom stereocenters. The fourth-order valence-electron chi connectivity index (χ4n) is 3.93. The van der Waals surface area contributed by atoms with Gasteiger partial charge in [0.2, 0.25) is 0 Å². The molecule has 30 heavy (non-hydrogen) atoms. The molecule has 2 N–H and O–H groups in total. The Morgan fingerprint density at radius 3 is 2.47 bits per heavy atom. The number of aromatic nitrogens is 1. The SMILES string of the molecule is CN1CCN(c2cc(CNC(=O)N3CCN(c4cccc(O)c4)CC3)ccn2)CC1. The number of carbonyl (C=O) groups is 1. The van der Waals surface area contributed by atoms with Crippen molar-refractivity contribution in [2.24, 2.45) is 0 Å². The largest absolute Gasteiger partial charge is 0.508 e. The predicted molar refractivity (Wildman–Crippen MR) is 118 cm³/mol. The zero-order valence-corrected chi connectivity index (χ0v) is 17.5. The van der Waals surface area contributed by atoms with Crippen LogP contribution in [-0.2, 0) is 6.54 Å². The van der Waals surface area contributed by atoms with Crippen LogP contribution in [0.15, 0.2) is 42.6 Å². The van der Waals surface area contributed by atoms with Crippen molar-refractivity contribution < 1.29 is 9.90 Å². The summed E-state index contributed by atoms with van der Waals surface area (Å²) in [6, 6.07) is 11.2. The zero-order chi connectivity index (χ0) is 20.9. The summed E-state index contributed by atoms with van der Waals surface area (Å²) in [5.41, 5.74) is 2.05. The first kappa shape index (κ1) is 20.3. The molecule has 1 aromatic heterocycles. The van der Waals surface area contributed by atoms with Gasteiger partial charge in [-0.15, -0.1) is 0 Å². The number of carbonyl (C=O) groups excluding carboxylic acids is 1. The van der Waals surface area contributed by atoms with E-state index in [1.165, 1.54) is 0 Å². The van der Waals surface area contributed by atoms with E-state index in [4.69, 9.17) is 0 Å². The fraction of sp³-hybridized carbons (Fsp3) is 0.455. The van der Waals surface area contributed by atoms with Crippen LogP contribution in [0.1, 0.15) is 5.56 Å². The van der Waals surface area contributed by atoms with Crippen LogP contribution in [0.2, 0.25) is 0 Å².